The van der Waals surface area contributed by atoms with E-state index in [1.165, 1.54) is 42.5 Å². The molecule has 0 spiro atoms. The van der Waals surface area contributed by atoms with Crippen molar-refractivity contribution in [2.75, 3.05) is 11.9 Å². The number of nitrogens with one attached hydrogen (secondary N) is 1. The number of rotatable bonds is 4. The number of nitrogens with zero attached hydrogens (tertiary/aromatic N) is 1. The van der Waals surface area contributed by atoms with Gasteiger partial charge in [-0.2, -0.15) is 0 Å². The molecule has 0 radical (unpaired) electrons. The zero-order valence-electron chi connectivity index (χ0n) is 16.5. The summed E-state index contributed by atoms with van der Waals surface area (Å²) in [5, 5.41) is 13.8. The Bertz CT molecular complexity index is 1350. The molecule has 7 nitrogen and oxygen atoms in total. The van der Waals surface area contributed by atoms with Gasteiger partial charge in [-0.25, -0.2) is 12.7 Å². The summed E-state index contributed by atoms with van der Waals surface area (Å²) in [6.07, 6.45) is 0. The normalized spacial score (nSPS) is 16.3. The van der Waals surface area contributed by atoms with Crippen molar-refractivity contribution in [2.24, 2.45) is 0 Å². The third-order valence-corrected chi connectivity index (χ3v) is 6.87. The molecule has 4 rings (SSSR count). The summed E-state index contributed by atoms with van der Waals surface area (Å²) in [6, 6.07) is 20.1. The van der Waals surface area contributed by atoms with Crippen LogP contribution in [-0.4, -0.2) is 36.1 Å². The number of anilines is 1. The van der Waals surface area contributed by atoms with Crippen LogP contribution in [-0.2, 0) is 14.8 Å². The molecule has 3 aromatic carbocycles. The molecule has 0 aromatic heterocycles. The first-order valence-corrected chi connectivity index (χ1v) is 11.3. The number of aliphatic hydroxyl groups is 1. The van der Waals surface area contributed by atoms with Crippen molar-refractivity contribution in [1.29, 1.82) is 0 Å². The number of Topliss-reactive ketones (excluding diaryl/α,β-unsaturated/α-hetero) is 1. The van der Waals surface area contributed by atoms with Crippen LogP contribution in [0, 0.1) is 0 Å². The van der Waals surface area contributed by atoms with Gasteiger partial charge in [0.05, 0.1) is 4.90 Å². The van der Waals surface area contributed by atoms with Gasteiger partial charge in [-0.15, -0.1) is 0 Å². The molecule has 1 amide bonds. The first-order chi connectivity index (χ1) is 15.3. The Morgan fingerprint density at radius 3 is 2.38 bits per heavy atom. The fourth-order valence-electron chi connectivity index (χ4n) is 3.38. The number of hydrogen-bond donors (Lipinski definition) is 2. The summed E-state index contributed by atoms with van der Waals surface area (Å²) in [7, 11) is -4.31. The van der Waals surface area contributed by atoms with Crippen LogP contribution < -0.4 is 5.32 Å². The molecule has 0 unspecified atom stereocenters. The van der Waals surface area contributed by atoms with Crippen LogP contribution in [0.1, 0.15) is 15.9 Å². The summed E-state index contributed by atoms with van der Waals surface area (Å²) in [4.78, 5) is 25.7. The van der Waals surface area contributed by atoms with Crippen LogP contribution >= 0.6 is 11.6 Å². The lowest BCUT2D eigenvalue weighted by Gasteiger charge is -2.31. The number of benzene rings is 3. The molecule has 32 heavy (non-hydrogen) atoms. The van der Waals surface area contributed by atoms with E-state index >= 15 is 0 Å². The van der Waals surface area contributed by atoms with E-state index in [2.05, 4.69) is 5.32 Å². The molecular weight excluding hydrogens is 452 g/mol. The second-order valence-corrected chi connectivity index (χ2v) is 9.23. The molecule has 0 bridgehead atoms. The van der Waals surface area contributed by atoms with Crippen molar-refractivity contribution in [3.8, 4) is 0 Å². The van der Waals surface area contributed by atoms with Crippen LogP contribution in [0.2, 0.25) is 5.02 Å². The second kappa shape index (κ2) is 8.49. The summed E-state index contributed by atoms with van der Waals surface area (Å²) in [6.45, 7) is -0.721. The molecule has 162 valence electrons. The van der Waals surface area contributed by atoms with E-state index in [4.69, 9.17) is 11.6 Å². The minimum atomic E-state index is -4.31. The van der Waals surface area contributed by atoms with Gasteiger partial charge in [-0.1, -0.05) is 60.1 Å². The van der Waals surface area contributed by atoms with E-state index in [9.17, 15) is 23.1 Å². The zero-order valence-corrected chi connectivity index (χ0v) is 18.1. The van der Waals surface area contributed by atoms with Gasteiger partial charge in [0.15, 0.2) is 5.76 Å². The average Bonchev–Trinajstić information content (AvgIpc) is 2.78. The predicted octanol–water partition coefficient (Wildman–Crippen LogP) is 4.09. The van der Waals surface area contributed by atoms with E-state index in [1.807, 2.05) is 0 Å². The van der Waals surface area contributed by atoms with E-state index in [0.717, 1.165) is 0 Å². The van der Waals surface area contributed by atoms with Gasteiger partial charge in [0.1, 0.15) is 12.2 Å². The largest absolute Gasteiger partial charge is 0.505 e. The highest BCUT2D eigenvalue weighted by molar-refractivity contribution is 7.89. The monoisotopic (exact) mass is 468 g/mol. The molecule has 3 aromatic rings. The van der Waals surface area contributed by atoms with Crippen molar-refractivity contribution < 1.29 is 23.1 Å². The maximum atomic E-state index is 13.4. The highest BCUT2D eigenvalue weighted by Gasteiger charge is 2.42. The second-order valence-electron chi connectivity index (χ2n) is 6.96. The lowest BCUT2D eigenvalue weighted by atomic mass is 10.0. The van der Waals surface area contributed by atoms with Gasteiger partial charge in [-0.3, -0.25) is 9.59 Å². The lowest BCUT2D eigenvalue weighted by Crippen LogP contribution is -2.43. The van der Waals surface area contributed by atoms with E-state index in [-0.39, 0.29) is 16.0 Å². The number of amides is 1. The lowest BCUT2D eigenvalue weighted by molar-refractivity contribution is -0.116. The number of carbonyl (C=O) groups is 2. The molecule has 1 aliphatic rings. The Labute approximate surface area is 189 Å². The summed E-state index contributed by atoms with van der Waals surface area (Å²) in [5.41, 5.74) is 0.0414. The van der Waals surface area contributed by atoms with Crippen LogP contribution in [0.4, 0.5) is 5.69 Å². The van der Waals surface area contributed by atoms with Crippen LogP contribution in [0.5, 0.6) is 0 Å². The molecule has 0 atom stereocenters. The number of hydrogen-bond acceptors (Lipinski definition) is 5. The Morgan fingerprint density at radius 1 is 0.969 bits per heavy atom. The quantitative estimate of drug-likeness (QED) is 0.443. The van der Waals surface area contributed by atoms with E-state index in [1.54, 1.807) is 36.4 Å². The highest BCUT2D eigenvalue weighted by Crippen LogP contribution is 2.35. The van der Waals surface area contributed by atoms with Gasteiger partial charge in [-0.05, 0) is 30.3 Å². The Morgan fingerprint density at radius 2 is 1.66 bits per heavy atom. The number of allylic oxidation sites excluding steroid dienone is 1. The van der Waals surface area contributed by atoms with Crippen molar-refractivity contribution in [1.82, 2.24) is 4.31 Å². The number of carbonyl (C=O) groups excluding carboxylic acids is 2. The zero-order chi connectivity index (χ0) is 22.9. The maximum absolute atomic E-state index is 13.4. The molecule has 0 aliphatic carbocycles. The minimum absolute atomic E-state index is 0.0727. The van der Waals surface area contributed by atoms with Gasteiger partial charge in [0, 0.05) is 21.8 Å². The number of ketones is 1. The molecule has 9 heteroatoms. The van der Waals surface area contributed by atoms with Crippen molar-refractivity contribution in [3.63, 3.8) is 0 Å². The van der Waals surface area contributed by atoms with Gasteiger partial charge >= 0.3 is 0 Å². The molecule has 1 aliphatic heterocycles. The van der Waals surface area contributed by atoms with Crippen molar-refractivity contribution in [2.45, 2.75) is 4.90 Å². The molecule has 0 saturated heterocycles. The minimum Gasteiger partial charge on any atom is -0.505 e. The van der Waals surface area contributed by atoms with Crippen molar-refractivity contribution >= 4 is 44.8 Å². The third kappa shape index (κ3) is 3.98. The Balaban J connectivity index is 1.81. The molecule has 1 heterocycles. The molecule has 0 fully saturated rings. The standard InChI is InChI=1S/C23H17ClN2O5S/c24-16-9-6-10-17(13-16)25-20(27)14-26-21(22(28)15-7-2-1-3-8-15)23(29)18-11-4-5-12-19(18)32(26,30)31/h1-13,28H,14H2,(H,25,27)/b22-21+. The van der Waals surface area contributed by atoms with E-state index < -0.39 is 39.7 Å². The fraction of sp³-hybridized carbons (Fsp3) is 0.0435. The Kier molecular flexibility index (Phi) is 5.73. The SMILES string of the molecule is O=C(CN1/C(=C(/O)c2ccccc2)C(=O)c2ccccc2S1(=O)=O)Nc1cccc(Cl)c1. The highest BCUT2D eigenvalue weighted by atomic mass is 35.5. The smallest absolute Gasteiger partial charge is 0.265 e. The van der Waals surface area contributed by atoms with E-state index in [0.29, 0.717) is 15.0 Å². The molecular formula is C23H17ClN2O5S. The van der Waals surface area contributed by atoms with Crippen LogP contribution in [0.25, 0.3) is 5.76 Å². The molecule has 0 saturated carbocycles. The Hall–Kier alpha value is -3.62. The fourth-order valence-corrected chi connectivity index (χ4v) is 5.19. The molecule has 2 N–H and O–H groups in total. The van der Waals surface area contributed by atoms with Gasteiger partial charge in [0.2, 0.25) is 11.7 Å². The number of aliphatic hydroxyl groups excluding tert-OH is 1. The number of halogens is 1. The van der Waals surface area contributed by atoms with Crippen LogP contribution in [0.15, 0.2) is 89.5 Å². The number of sulfonamides is 1. The summed E-state index contributed by atoms with van der Waals surface area (Å²) < 4.78 is 27.4. The van der Waals surface area contributed by atoms with Gasteiger partial charge in [0.25, 0.3) is 10.0 Å². The van der Waals surface area contributed by atoms with Crippen molar-refractivity contribution in [3.05, 3.63) is 101 Å². The first-order valence-electron chi connectivity index (χ1n) is 9.49. The maximum Gasteiger partial charge on any atom is 0.265 e. The third-order valence-electron chi connectivity index (χ3n) is 4.83. The predicted molar refractivity (Wildman–Crippen MR) is 121 cm³/mol. The number of fused-ring (bicyclic) bond motifs is 1. The van der Waals surface area contributed by atoms with Crippen LogP contribution in [0.3, 0.4) is 0 Å². The topological polar surface area (TPSA) is 104 Å². The van der Waals surface area contributed by atoms with Gasteiger partial charge < -0.3 is 10.4 Å². The summed E-state index contributed by atoms with van der Waals surface area (Å²) >= 11 is 5.93. The average molecular weight is 469 g/mol. The first kappa shape index (κ1) is 21.6. The summed E-state index contributed by atoms with van der Waals surface area (Å²) in [5.74, 6) is -1.95.